The first-order chi connectivity index (χ1) is 14.3. The molecule has 1 fully saturated rings. The predicted molar refractivity (Wildman–Crippen MR) is 116 cm³/mol. The van der Waals surface area contributed by atoms with Crippen LogP contribution in [0.1, 0.15) is 79.1 Å². The van der Waals surface area contributed by atoms with E-state index >= 15 is 0 Å². The van der Waals surface area contributed by atoms with Crippen molar-refractivity contribution in [2.24, 2.45) is 23.2 Å². The van der Waals surface area contributed by atoms with Gasteiger partial charge in [0.15, 0.2) is 0 Å². The maximum atomic E-state index is 13.0. The lowest BCUT2D eigenvalue weighted by Crippen LogP contribution is -2.42. The molecular formula is C25H38O5. The van der Waals surface area contributed by atoms with E-state index in [1.807, 2.05) is 20.8 Å². The highest BCUT2D eigenvalue weighted by molar-refractivity contribution is 5.76. The van der Waals surface area contributed by atoms with Gasteiger partial charge in [-0.05, 0) is 62.9 Å². The highest BCUT2D eigenvalue weighted by Gasteiger charge is 2.42. The molecule has 0 amide bonds. The van der Waals surface area contributed by atoms with Crippen LogP contribution in [0.5, 0.6) is 0 Å². The number of allylic oxidation sites excluding steroid dienone is 3. The second-order valence-corrected chi connectivity index (χ2v) is 9.68. The Bertz CT molecular complexity index is 690. The molecule has 2 aliphatic carbocycles. The van der Waals surface area contributed by atoms with Crippen LogP contribution < -0.4 is 0 Å². The molecule has 6 atom stereocenters. The predicted octanol–water partition coefficient (Wildman–Crippen LogP) is 4.73. The number of cyclic esters (lactones) is 1. The molecule has 1 N–H and O–H groups in total. The lowest BCUT2D eigenvalue weighted by molar-refractivity contribution is -0.166. The summed E-state index contributed by atoms with van der Waals surface area (Å²) in [7, 11) is 0. The van der Waals surface area contributed by atoms with E-state index in [1.165, 1.54) is 5.57 Å². The van der Waals surface area contributed by atoms with Gasteiger partial charge >= 0.3 is 11.9 Å². The van der Waals surface area contributed by atoms with Gasteiger partial charge < -0.3 is 14.6 Å². The first-order valence-corrected chi connectivity index (χ1v) is 11.7. The maximum absolute atomic E-state index is 13.0. The van der Waals surface area contributed by atoms with E-state index in [2.05, 4.69) is 25.2 Å². The van der Waals surface area contributed by atoms with Crippen LogP contribution in [-0.4, -0.2) is 35.4 Å². The third-order valence-corrected chi connectivity index (χ3v) is 7.71. The molecule has 0 aromatic heterocycles. The molecule has 1 heterocycles. The number of ether oxygens (including phenoxy) is 2. The van der Waals surface area contributed by atoms with Crippen LogP contribution in [0.25, 0.3) is 0 Å². The van der Waals surface area contributed by atoms with Crippen molar-refractivity contribution in [2.45, 2.75) is 97.4 Å². The van der Waals surface area contributed by atoms with Crippen molar-refractivity contribution in [3.05, 3.63) is 23.8 Å². The van der Waals surface area contributed by atoms with E-state index in [9.17, 15) is 14.7 Å². The second kappa shape index (κ2) is 9.67. The molecule has 0 spiro atoms. The van der Waals surface area contributed by atoms with E-state index < -0.39 is 11.5 Å². The standard InChI is InChI=1S/C25H38O5/c1-5-25(4,6-2)24(28)30-21-9-7-8-17-11-10-16(3)20(23(17)21)13-12-19-14-18(26)15-22(27)29-19/h8,10-11,16,18-21,23,26H,5-7,9,12-15H2,1-4H3/t16-,18+,19-,20-,21+,23?/m0/s1. The highest BCUT2D eigenvalue weighted by atomic mass is 16.6. The van der Waals surface area contributed by atoms with E-state index in [-0.39, 0.29) is 36.5 Å². The molecule has 0 bridgehead atoms. The molecular weight excluding hydrogens is 380 g/mol. The van der Waals surface area contributed by atoms with E-state index in [4.69, 9.17) is 9.47 Å². The van der Waals surface area contributed by atoms with Crippen LogP contribution in [-0.2, 0) is 19.1 Å². The van der Waals surface area contributed by atoms with Crippen LogP contribution in [0.3, 0.4) is 0 Å². The lowest BCUT2D eigenvalue weighted by Gasteiger charge is -2.43. The van der Waals surface area contributed by atoms with Gasteiger partial charge in [0.2, 0.25) is 0 Å². The van der Waals surface area contributed by atoms with Crippen molar-refractivity contribution in [3.63, 3.8) is 0 Å². The molecule has 168 valence electrons. The Morgan fingerprint density at radius 3 is 2.70 bits per heavy atom. The molecule has 5 heteroatoms. The minimum Gasteiger partial charge on any atom is -0.462 e. The molecule has 1 aliphatic heterocycles. The van der Waals surface area contributed by atoms with Crippen LogP contribution >= 0.6 is 0 Å². The lowest BCUT2D eigenvalue weighted by atomic mass is 9.66. The number of rotatable bonds is 7. The number of carbonyl (C=O) groups is 2. The average molecular weight is 419 g/mol. The summed E-state index contributed by atoms with van der Waals surface area (Å²) in [4.78, 5) is 24.7. The SMILES string of the molecule is CCC(C)(CC)C(=O)O[C@@H]1CCC=C2C=C[C@H](C)[C@H](CC[C@H]3C[C@@H](O)CC(=O)O3)C21. The van der Waals surface area contributed by atoms with Gasteiger partial charge in [-0.15, -0.1) is 0 Å². The van der Waals surface area contributed by atoms with Gasteiger partial charge in [0.05, 0.1) is 17.9 Å². The summed E-state index contributed by atoms with van der Waals surface area (Å²) >= 11 is 0. The largest absolute Gasteiger partial charge is 0.462 e. The minimum absolute atomic E-state index is 0.0796. The molecule has 1 saturated heterocycles. The third-order valence-electron chi connectivity index (χ3n) is 7.71. The zero-order valence-electron chi connectivity index (χ0n) is 18.9. The fraction of sp³-hybridized carbons (Fsp3) is 0.760. The minimum atomic E-state index is -0.598. The fourth-order valence-corrected chi connectivity index (χ4v) is 5.19. The topological polar surface area (TPSA) is 72.8 Å². The number of esters is 2. The van der Waals surface area contributed by atoms with Gasteiger partial charge in [0, 0.05) is 12.3 Å². The maximum Gasteiger partial charge on any atom is 0.312 e. The number of carbonyl (C=O) groups excluding carboxylic acids is 2. The number of hydrogen-bond donors (Lipinski definition) is 1. The Hall–Kier alpha value is -1.62. The number of aliphatic hydroxyl groups excluding tert-OH is 1. The smallest absolute Gasteiger partial charge is 0.312 e. The molecule has 0 aromatic carbocycles. The summed E-state index contributed by atoms with van der Waals surface area (Å²) in [5.41, 5.74) is 0.844. The summed E-state index contributed by atoms with van der Waals surface area (Å²) in [6.07, 6.45) is 11.4. The summed E-state index contributed by atoms with van der Waals surface area (Å²) < 4.78 is 11.6. The summed E-state index contributed by atoms with van der Waals surface area (Å²) in [6.45, 7) is 8.31. The zero-order chi connectivity index (χ0) is 21.9. The van der Waals surface area contributed by atoms with E-state index in [1.54, 1.807) is 0 Å². The molecule has 3 aliphatic rings. The van der Waals surface area contributed by atoms with Crippen LogP contribution in [0.2, 0.25) is 0 Å². The Morgan fingerprint density at radius 2 is 2.03 bits per heavy atom. The zero-order valence-corrected chi connectivity index (χ0v) is 18.9. The normalized spacial score (nSPS) is 34.0. The Morgan fingerprint density at radius 1 is 1.30 bits per heavy atom. The molecule has 3 rings (SSSR count). The van der Waals surface area contributed by atoms with Crippen molar-refractivity contribution in [1.29, 1.82) is 0 Å². The first kappa shape index (κ1) is 23.1. The Labute approximate surface area is 180 Å². The third kappa shape index (κ3) is 4.99. The molecule has 0 aromatic rings. The fourth-order valence-electron chi connectivity index (χ4n) is 5.19. The van der Waals surface area contributed by atoms with Gasteiger partial charge in [0.25, 0.3) is 0 Å². The summed E-state index contributed by atoms with van der Waals surface area (Å²) in [5, 5.41) is 9.91. The molecule has 0 saturated carbocycles. The van der Waals surface area contributed by atoms with Gasteiger partial charge in [-0.25, -0.2) is 0 Å². The molecule has 5 nitrogen and oxygen atoms in total. The Kier molecular flexibility index (Phi) is 7.43. The van der Waals surface area contributed by atoms with Crippen molar-refractivity contribution in [3.8, 4) is 0 Å². The van der Waals surface area contributed by atoms with Gasteiger partial charge in [0.1, 0.15) is 12.2 Å². The van der Waals surface area contributed by atoms with Crippen LogP contribution in [0.4, 0.5) is 0 Å². The van der Waals surface area contributed by atoms with E-state index in [0.29, 0.717) is 18.3 Å². The van der Waals surface area contributed by atoms with Gasteiger partial charge in [-0.3, -0.25) is 9.59 Å². The van der Waals surface area contributed by atoms with Crippen molar-refractivity contribution < 1.29 is 24.2 Å². The Balaban J connectivity index is 1.73. The molecule has 0 radical (unpaired) electrons. The number of hydrogen-bond acceptors (Lipinski definition) is 5. The quantitative estimate of drug-likeness (QED) is 0.605. The van der Waals surface area contributed by atoms with Crippen LogP contribution in [0.15, 0.2) is 23.8 Å². The van der Waals surface area contributed by atoms with Crippen molar-refractivity contribution in [1.82, 2.24) is 0 Å². The molecule has 1 unspecified atom stereocenters. The second-order valence-electron chi connectivity index (χ2n) is 9.68. The summed E-state index contributed by atoms with van der Waals surface area (Å²) in [5.74, 6) is 0.485. The number of fused-ring (bicyclic) bond motifs is 1. The van der Waals surface area contributed by atoms with Crippen LogP contribution in [0, 0.1) is 23.2 Å². The number of aliphatic hydroxyl groups is 1. The average Bonchev–Trinajstić information content (AvgIpc) is 2.72. The summed E-state index contributed by atoms with van der Waals surface area (Å²) in [6, 6.07) is 0. The first-order valence-electron chi connectivity index (χ1n) is 11.7. The van der Waals surface area contributed by atoms with E-state index in [0.717, 1.165) is 38.5 Å². The monoisotopic (exact) mass is 418 g/mol. The highest BCUT2D eigenvalue weighted by Crippen LogP contribution is 2.44. The van der Waals surface area contributed by atoms with Crippen molar-refractivity contribution >= 4 is 11.9 Å². The van der Waals surface area contributed by atoms with Gasteiger partial charge in [-0.2, -0.15) is 0 Å². The van der Waals surface area contributed by atoms with Crippen molar-refractivity contribution in [2.75, 3.05) is 0 Å². The van der Waals surface area contributed by atoms with Gasteiger partial charge in [-0.1, -0.05) is 39.0 Å². The molecule has 30 heavy (non-hydrogen) atoms.